The lowest BCUT2D eigenvalue weighted by atomic mass is 10.2. The summed E-state index contributed by atoms with van der Waals surface area (Å²) in [6.45, 7) is 0.889. The molecule has 0 bridgehead atoms. The van der Waals surface area contributed by atoms with Crippen molar-refractivity contribution in [3.05, 3.63) is 30.2 Å². The average molecular weight is 229 g/mol. The van der Waals surface area contributed by atoms with Gasteiger partial charge >= 0.3 is 0 Å². The van der Waals surface area contributed by atoms with Crippen LogP contribution >= 0.6 is 0 Å². The molecule has 88 valence electrons. The van der Waals surface area contributed by atoms with E-state index in [4.69, 9.17) is 4.42 Å². The van der Waals surface area contributed by atoms with Crippen LogP contribution in [0.2, 0.25) is 0 Å². The zero-order chi connectivity index (χ0) is 11.5. The van der Waals surface area contributed by atoms with Gasteiger partial charge in [-0.25, -0.2) is 0 Å². The molecule has 17 heavy (non-hydrogen) atoms. The van der Waals surface area contributed by atoms with Crippen LogP contribution in [0.5, 0.6) is 0 Å². The zero-order valence-corrected chi connectivity index (χ0v) is 9.65. The minimum atomic E-state index is 0.742. The van der Waals surface area contributed by atoms with E-state index in [0.29, 0.717) is 0 Å². The smallest absolute Gasteiger partial charge is 0.192 e. The van der Waals surface area contributed by atoms with Crippen molar-refractivity contribution in [2.75, 3.05) is 11.9 Å². The van der Waals surface area contributed by atoms with Crippen LogP contribution in [0.3, 0.4) is 0 Å². The van der Waals surface area contributed by atoms with Crippen LogP contribution in [0.4, 0.5) is 5.82 Å². The fourth-order valence-corrected chi connectivity index (χ4v) is 2.23. The van der Waals surface area contributed by atoms with Crippen molar-refractivity contribution >= 4 is 16.8 Å². The second-order valence-corrected chi connectivity index (χ2v) is 4.33. The molecule has 0 unspecified atom stereocenters. The van der Waals surface area contributed by atoms with Gasteiger partial charge in [0.2, 0.25) is 0 Å². The summed E-state index contributed by atoms with van der Waals surface area (Å²) in [4.78, 5) is 0. The predicted molar refractivity (Wildman–Crippen MR) is 66.8 cm³/mol. The van der Waals surface area contributed by atoms with E-state index in [1.807, 2.05) is 6.07 Å². The molecule has 0 fully saturated rings. The van der Waals surface area contributed by atoms with Gasteiger partial charge in [0.15, 0.2) is 11.4 Å². The Balaban J connectivity index is 1.66. The molecule has 0 atom stereocenters. The van der Waals surface area contributed by atoms with Crippen molar-refractivity contribution in [2.45, 2.75) is 25.7 Å². The number of furan rings is 1. The predicted octanol–water partition coefficient (Wildman–Crippen LogP) is 3.14. The molecule has 1 N–H and O–H groups in total. The fraction of sp³-hybridized carbons (Fsp3) is 0.385. The van der Waals surface area contributed by atoms with Crippen LogP contribution in [0.15, 0.2) is 34.6 Å². The van der Waals surface area contributed by atoms with Crippen LogP contribution < -0.4 is 5.32 Å². The van der Waals surface area contributed by atoms with Crippen molar-refractivity contribution in [1.29, 1.82) is 0 Å². The minimum Gasteiger partial charge on any atom is -0.460 e. The molecule has 0 aromatic carbocycles. The zero-order valence-electron chi connectivity index (χ0n) is 9.65. The third-order valence-electron chi connectivity index (χ3n) is 3.14. The Morgan fingerprint density at radius 3 is 3.29 bits per heavy atom. The Kier molecular flexibility index (Phi) is 2.78. The lowest BCUT2D eigenvalue weighted by Crippen LogP contribution is -2.04. The third-order valence-corrected chi connectivity index (χ3v) is 3.14. The van der Waals surface area contributed by atoms with Crippen molar-refractivity contribution < 1.29 is 4.42 Å². The second kappa shape index (κ2) is 4.57. The highest BCUT2D eigenvalue weighted by atomic mass is 16.3. The van der Waals surface area contributed by atoms with Crippen LogP contribution in [0, 0.1) is 0 Å². The van der Waals surface area contributed by atoms with E-state index < -0.39 is 0 Å². The molecule has 0 saturated carbocycles. The molecule has 2 aromatic heterocycles. The summed E-state index contributed by atoms with van der Waals surface area (Å²) in [5.74, 6) is 0.742. The number of aromatic nitrogens is 2. The second-order valence-electron chi connectivity index (χ2n) is 4.33. The lowest BCUT2D eigenvalue weighted by molar-refractivity contribution is 0.614. The van der Waals surface area contributed by atoms with Crippen LogP contribution in [0.25, 0.3) is 11.0 Å². The average Bonchev–Trinajstić information content (AvgIpc) is 2.99. The third kappa shape index (κ3) is 2.16. The molecule has 0 amide bonds. The maximum Gasteiger partial charge on any atom is 0.192 e. The van der Waals surface area contributed by atoms with Gasteiger partial charge in [0.1, 0.15) is 0 Å². The van der Waals surface area contributed by atoms with Gasteiger partial charge in [-0.15, -0.1) is 5.10 Å². The molecular formula is C13H15N3O. The van der Waals surface area contributed by atoms with Crippen LogP contribution in [-0.4, -0.2) is 16.7 Å². The maximum atomic E-state index is 5.39. The van der Waals surface area contributed by atoms with Gasteiger partial charge in [-0.3, -0.25) is 0 Å². The summed E-state index contributed by atoms with van der Waals surface area (Å²) < 4.78 is 5.39. The van der Waals surface area contributed by atoms with Crippen molar-refractivity contribution in [3.63, 3.8) is 0 Å². The summed E-state index contributed by atoms with van der Waals surface area (Å²) >= 11 is 0. The number of nitrogens with zero attached hydrogens (tertiary/aromatic N) is 2. The molecule has 0 aliphatic heterocycles. The van der Waals surface area contributed by atoms with Gasteiger partial charge in [-0.1, -0.05) is 11.6 Å². The van der Waals surface area contributed by atoms with Crippen LogP contribution in [-0.2, 0) is 0 Å². The van der Waals surface area contributed by atoms with Gasteiger partial charge in [-0.05, 0) is 31.7 Å². The molecule has 4 nitrogen and oxygen atoms in total. The Labute approximate surface area is 99.7 Å². The van der Waals surface area contributed by atoms with E-state index in [0.717, 1.165) is 29.8 Å². The maximum absolute atomic E-state index is 5.39. The van der Waals surface area contributed by atoms with Crippen molar-refractivity contribution in [3.8, 4) is 0 Å². The fourth-order valence-electron chi connectivity index (χ4n) is 2.23. The molecule has 2 heterocycles. The van der Waals surface area contributed by atoms with Gasteiger partial charge in [0, 0.05) is 11.9 Å². The minimum absolute atomic E-state index is 0.742. The molecule has 0 saturated heterocycles. The van der Waals surface area contributed by atoms with Gasteiger partial charge in [0.05, 0.1) is 12.5 Å². The van der Waals surface area contributed by atoms with E-state index in [9.17, 15) is 0 Å². The van der Waals surface area contributed by atoms with Gasteiger partial charge < -0.3 is 9.73 Å². The molecule has 4 heteroatoms. The quantitative estimate of drug-likeness (QED) is 0.818. The highest BCUT2D eigenvalue weighted by molar-refractivity contribution is 5.85. The Hall–Kier alpha value is -1.84. The topological polar surface area (TPSA) is 51.0 Å². The summed E-state index contributed by atoms with van der Waals surface area (Å²) in [7, 11) is 0. The highest BCUT2D eigenvalue weighted by Crippen LogP contribution is 2.22. The van der Waals surface area contributed by atoms with Gasteiger partial charge in [-0.2, -0.15) is 5.10 Å². The molecular weight excluding hydrogens is 214 g/mol. The van der Waals surface area contributed by atoms with Gasteiger partial charge in [0.25, 0.3) is 0 Å². The summed E-state index contributed by atoms with van der Waals surface area (Å²) in [6.07, 6.45) is 10.6. The summed E-state index contributed by atoms with van der Waals surface area (Å²) in [6, 6.07) is 1.90. The van der Waals surface area contributed by atoms with E-state index >= 15 is 0 Å². The molecule has 1 aliphatic carbocycles. The number of fused-ring (bicyclic) bond motifs is 1. The number of nitrogens with one attached hydrogen (secondary N) is 1. The summed E-state index contributed by atoms with van der Waals surface area (Å²) in [5, 5.41) is 12.3. The largest absolute Gasteiger partial charge is 0.460 e. The van der Waals surface area contributed by atoms with E-state index in [2.05, 4.69) is 21.6 Å². The number of hydrogen-bond donors (Lipinski definition) is 1. The SMILES string of the molecule is C1=C(CCNc2nncc3ccoc23)CCC1. The van der Waals surface area contributed by atoms with E-state index in [-0.39, 0.29) is 0 Å². The number of hydrogen-bond acceptors (Lipinski definition) is 4. The Morgan fingerprint density at radius 1 is 1.41 bits per heavy atom. The molecule has 2 aromatic rings. The van der Waals surface area contributed by atoms with E-state index in [1.54, 1.807) is 18.0 Å². The van der Waals surface area contributed by atoms with Crippen molar-refractivity contribution in [1.82, 2.24) is 10.2 Å². The normalized spacial score (nSPS) is 15.2. The molecule has 0 radical (unpaired) electrons. The van der Waals surface area contributed by atoms with Crippen molar-refractivity contribution in [2.24, 2.45) is 0 Å². The summed E-state index contributed by atoms with van der Waals surface area (Å²) in [5.41, 5.74) is 2.34. The number of rotatable bonds is 4. The van der Waals surface area contributed by atoms with Crippen LogP contribution in [0.1, 0.15) is 25.7 Å². The lowest BCUT2D eigenvalue weighted by Gasteiger charge is -2.05. The standard InChI is InChI=1S/C13H15N3O/c1-2-4-10(3-1)5-7-14-13-12-11(6-8-17-12)9-15-16-13/h3,6,8-9H,1-2,4-5,7H2,(H,14,16). The monoisotopic (exact) mass is 229 g/mol. The molecule has 3 rings (SSSR count). The Bertz CT molecular complexity index is 544. The first kappa shape index (κ1) is 10.3. The highest BCUT2D eigenvalue weighted by Gasteiger charge is 2.07. The first-order valence-corrected chi connectivity index (χ1v) is 6.04. The Morgan fingerprint density at radius 2 is 2.41 bits per heavy atom. The first-order chi connectivity index (χ1) is 8.43. The van der Waals surface area contributed by atoms with E-state index in [1.165, 1.54) is 19.3 Å². The molecule has 1 aliphatic rings. The first-order valence-electron chi connectivity index (χ1n) is 6.04. The molecule has 0 spiro atoms. The number of allylic oxidation sites excluding steroid dienone is 1. The number of anilines is 1.